The molecular weight excluding hydrogens is 302 g/mol. The summed E-state index contributed by atoms with van der Waals surface area (Å²) in [5.74, 6) is 0.478. The van der Waals surface area contributed by atoms with Crippen molar-refractivity contribution in [3.63, 3.8) is 0 Å². The molecule has 5 heteroatoms. The van der Waals surface area contributed by atoms with Crippen LogP contribution in [0.15, 0.2) is 47.1 Å². The van der Waals surface area contributed by atoms with Crippen molar-refractivity contribution < 1.29 is 14.3 Å². The zero-order chi connectivity index (χ0) is 15.6. The number of hydrogen-bond donors (Lipinski definition) is 2. The molecule has 1 aliphatic rings. The number of carbonyl (C=O) groups excluding carboxylic acids is 1. The number of furan rings is 1. The maximum Gasteiger partial charge on any atom is 0.224 e. The predicted octanol–water partition coefficient (Wildman–Crippen LogP) is 2.89. The smallest absolute Gasteiger partial charge is 0.224 e. The van der Waals surface area contributed by atoms with Crippen molar-refractivity contribution in [1.82, 2.24) is 5.32 Å². The molecule has 1 aromatic carbocycles. The molecule has 2 aromatic rings. The minimum atomic E-state index is -1.13. The third-order valence-electron chi connectivity index (χ3n) is 4.06. The van der Waals surface area contributed by atoms with E-state index in [2.05, 4.69) is 5.32 Å². The lowest BCUT2D eigenvalue weighted by atomic mass is 9.94. The van der Waals surface area contributed by atoms with E-state index >= 15 is 0 Å². The van der Waals surface area contributed by atoms with Crippen LogP contribution in [0.3, 0.4) is 0 Å². The lowest BCUT2D eigenvalue weighted by Crippen LogP contribution is -2.42. The Kier molecular flexibility index (Phi) is 4.23. The van der Waals surface area contributed by atoms with Crippen LogP contribution in [0.4, 0.5) is 0 Å². The highest BCUT2D eigenvalue weighted by atomic mass is 35.5. The van der Waals surface area contributed by atoms with E-state index in [0.29, 0.717) is 10.8 Å². The molecule has 116 valence electrons. The Balaban J connectivity index is 1.63. The van der Waals surface area contributed by atoms with Gasteiger partial charge >= 0.3 is 0 Å². The van der Waals surface area contributed by atoms with E-state index < -0.39 is 5.60 Å². The van der Waals surface area contributed by atoms with Gasteiger partial charge in [-0.3, -0.25) is 4.79 Å². The fourth-order valence-corrected chi connectivity index (χ4v) is 2.83. The van der Waals surface area contributed by atoms with Gasteiger partial charge in [0, 0.05) is 5.02 Å². The molecule has 4 nitrogen and oxygen atoms in total. The van der Waals surface area contributed by atoms with Gasteiger partial charge in [-0.2, -0.15) is 0 Å². The minimum Gasteiger partial charge on any atom is -0.466 e. The summed E-state index contributed by atoms with van der Waals surface area (Å²) in [6.45, 7) is 0.147. The summed E-state index contributed by atoms with van der Waals surface area (Å²) in [5, 5.41) is 14.2. The standard InChI is InChI=1S/C17H18ClNO3/c18-14-5-2-1-4-12(14)10-16(20)19-11-17(21,13-7-8-13)15-6-3-9-22-15/h1-6,9,13,21H,7-8,10-11H2,(H,19,20)/t17-/m0/s1. The van der Waals surface area contributed by atoms with E-state index in [1.807, 2.05) is 18.2 Å². The molecule has 22 heavy (non-hydrogen) atoms. The normalized spacial score (nSPS) is 17.0. The van der Waals surface area contributed by atoms with Gasteiger partial charge in [0.15, 0.2) is 0 Å². The van der Waals surface area contributed by atoms with Gasteiger partial charge < -0.3 is 14.8 Å². The van der Waals surface area contributed by atoms with Gasteiger partial charge in [-0.15, -0.1) is 0 Å². The summed E-state index contributed by atoms with van der Waals surface area (Å²) in [6.07, 6.45) is 3.61. The second-order valence-electron chi connectivity index (χ2n) is 5.72. The van der Waals surface area contributed by atoms with Crippen LogP contribution < -0.4 is 5.32 Å². The van der Waals surface area contributed by atoms with Gasteiger partial charge in [-0.05, 0) is 42.5 Å². The van der Waals surface area contributed by atoms with Crippen LogP contribution >= 0.6 is 11.6 Å². The lowest BCUT2D eigenvalue weighted by molar-refractivity contribution is -0.122. The molecule has 2 N–H and O–H groups in total. The number of aliphatic hydroxyl groups is 1. The number of halogens is 1. The number of rotatable bonds is 6. The minimum absolute atomic E-state index is 0.138. The van der Waals surface area contributed by atoms with Gasteiger partial charge in [-0.1, -0.05) is 29.8 Å². The SMILES string of the molecule is O=C(Cc1ccccc1Cl)NC[C@@](O)(c1ccco1)C1CC1. The van der Waals surface area contributed by atoms with E-state index in [1.165, 1.54) is 6.26 Å². The number of hydrogen-bond acceptors (Lipinski definition) is 3. The molecule has 1 saturated carbocycles. The fraction of sp³-hybridized carbons (Fsp3) is 0.353. The fourth-order valence-electron chi connectivity index (χ4n) is 2.63. The van der Waals surface area contributed by atoms with Crippen LogP contribution in [0.25, 0.3) is 0 Å². The van der Waals surface area contributed by atoms with Gasteiger partial charge in [0.25, 0.3) is 0 Å². The number of amides is 1. The lowest BCUT2D eigenvalue weighted by Gasteiger charge is -2.26. The zero-order valence-corrected chi connectivity index (χ0v) is 12.8. The summed E-state index contributed by atoms with van der Waals surface area (Å²) in [5.41, 5.74) is -0.353. The quantitative estimate of drug-likeness (QED) is 0.860. The van der Waals surface area contributed by atoms with E-state index in [0.717, 1.165) is 18.4 Å². The predicted molar refractivity (Wildman–Crippen MR) is 83.5 cm³/mol. The van der Waals surface area contributed by atoms with Crippen molar-refractivity contribution in [1.29, 1.82) is 0 Å². The van der Waals surface area contributed by atoms with E-state index in [9.17, 15) is 9.90 Å². The molecule has 1 aliphatic carbocycles. The molecule has 0 bridgehead atoms. The van der Waals surface area contributed by atoms with E-state index in [-0.39, 0.29) is 24.8 Å². The Morgan fingerprint density at radius 2 is 2.09 bits per heavy atom. The molecular formula is C17H18ClNO3. The monoisotopic (exact) mass is 319 g/mol. The summed E-state index contributed by atoms with van der Waals surface area (Å²) in [6, 6.07) is 10.7. The molecule has 1 amide bonds. The van der Waals surface area contributed by atoms with Crippen LogP contribution in [-0.4, -0.2) is 17.6 Å². The van der Waals surface area contributed by atoms with Crippen molar-refractivity contribution in [2.75, 3.05) is 6.54 Å². The third kappa shape index (κ3) is 3.18. The first-order chi connectivity index (χ1) is 10.6. The molecule has 1 aromatic heterocycles. The van der Waals surface area contributed by atoms with Gasteiger partial charge in [0.1, 0.15) is 11.4 Å². The summed E-state index contributed by atoms with van der Waals surface area (Å²) >= 11 is 6.06. The Labute approximate surface area is 134 Å². The average molecular weight is 320 g/mol. The van der Waals surface area contributed by atoms with Gasteiger partial charge in [0.2, 0.25) is 5.91 Å². The van der Waals surface area contributed by atoms with Crippen molar-refractivity contribution >= 4 is 17.5 Å². The van der Waals surface area contributed by atoms with Crippen LogP contribution in [0.2, 0.25) is 5.02 Å². The first-order valence-corrected chi connectivity index (χ1v) is 7.74. The van der Waals surface area contributed by atoms with Crippen molar-refractivity contribution in [3.05, 3.63) is 59.0 Å². The number of nitrogens with one attached hydrogen (secondary N) is 1. The van der Waals surface area contributed by atoms with Crippen LogP contribution in [0.5, 0.6) is 0 Å². The summed E-state index contributed by atoms with van der Waals surface area (Å²) in [4.78, 5) is 12.1. The molecule has 3 rings (SSSR count). The first-order valence-electron chi connectivity index (χ1n) is 7.36. The van der Waals surface area contributed by atoms with Crippen molar-refractivity contribution in [3.8, 4) is 0 Å². The van der Waals surface area contributed by atoms with E-state index in [1.54, 1.807) is 18.2 Å². The maximum atomic E-state index is 12.1. The maximum absolute atomic E-state index is 12.1. The number of benzene rings is 1. The molecule has 1 fully saturated rings. The molecule has 0 radical (unpaired) electrons. The second-order valence-corrected chi connectivity index (χ2v) is 6.13. The Morgan fingerprint density at radius 3 is 2.73 bits per heavy atom. The Hall–Kier alpha value is -1.78. The Bertz CT molecular complexity index is 652. The highest BCUT2D eigenvalue weighted by Gasteiger charge is 2.47. The third-order valence-corrected chi connectivity index (χ3v) is 4.43. The summed E-state index contributed by atoms with van der Waals surface area (Å²) in [7, 11) is 0. The highest BCUT2D eigenvalue weighted by molar-refractivity contribution is 6.31. The van der Waals surface area contributed by atoms with Crippen molar-refractivity contribution in [2.45, 2.75) is 24.9 Å². The molecule has 1 heterocycles. The highest BCUT2D eigenvalue weighted by Crippen LogP contribution is 2.45. The second kappa shape index (κ2) is 6.15. The largest absolute Gasteiger partial charge is 0.466 e. The topological polar surface area (TPSA) is 62.5 Å². The average Bonchev–Trinajstić information content (AvgIpc) is 3.22. The van der Waals surface area contributed by atoms with Crippen LogP contribution in [-0.2, 0) is 16.8 Å². The van der Waals surface area contributed by atoms with Gasteiger partial charge in [0.05, 0.1) is 19.2 Å². The first kappa shape index (κ1) is 15.1. The summed E-state index contributed by atoms with van der Waals surface area (Å²) < 4.78 is 5.35. The molecule has 0 aliphatic heterocycles. The molecule has 0 saturated heterocycles. The zero-order valence-electron chi connectivity index (χ0n) is 12.1. The van der Waals surface area contributed by atoms with Crippen LogP contribution in [0.1, 0.15) is 24.2 Å². The van der Waals surface area contributed by atoms with Crippen LogP contribution in [0, 0.1) is 5.92 Å². The molecule has 1 atom stereocenters. The molecule has 0 unspecified atom stereocenters. The van der Waals surface area contributed by atoms with E-state index in [4.69, 9.17) is 16.0 Å². The molecule has 0 spiro atoms. The van der Waals surface area contributed by atoms with Gasteiger partial charge in [-0.25, -0.2) is 0 Å². The Morgan fingerprint density at radius 1 is 1.32 bits per heavy atom. The number of carbonyl (C=O) groups is 1. The van der Waals surface area contributed by atoms with Crippen molar-refractivity contribution in [2.24, 2.45) is 5.92 Å².